The molecule has 1 aromatic carbocycles. The van der Waals surface area contributed by atoms with Crippen LogP contribution in [0.2, 0.25) is 5.02 Å². The first-order valence-electron chi connectivity index (χ1n) is 10.3. The zero-order valence-corrected chi connectivity index (χ0v) is 20.4. The Hall–Kier alpha value is -3.32. The normalized spacial score (nSPS) is 10.8. The average Bonchev–Trinajstić information content (AvgIpc) is 3.24. The van der Waals surface area contributed by atoms with Gasteiger partial charge in [0.05, 0.1) is 23.5 Å². The molecule has 5 N–H and O–H groups in total. The first kappa shape index (κ1) is 25.3. The van der Waals surface area contributed by atoms with Crippen LogP contribution in [0, 0.1) is 13.8 Å². The minimum atomic E-state index is -0.481. The quantitative estimate of drug-likeness (QED) is 0.208. The van der Waals surface area contributed by atoms with Gasteiger partial charge in [0.2, 0.25) is 0 Å². The number of anilines is 4. The number of aryl methyl sites for hydroxylation is 2. The molecule has 180 valence electrons. The van der Waals surface area contributed by atoms with Crippen LogP contribution < -0.4 is 21.4 Å². The number of nitrogens with one attached hydrogen (secondary N) is 4. The van der Waals surface area contributed by atoms with Gasteiger partial charge >= 0.3 is 0 Å². The van der Waals surface area contributed by atoms with Gasteiger partial charge in [0.15, 0.2) is 5.13 Å². The molecule has 0 aliphatic rings. The molecule has 0 atom stereocenters. The fourth-order valence-electron chi connectivity index (χ4n) is 2.97. The Bertz CT molecular complexity index is 1150. The second-order valence-corrected chi connectivity index (χ2v) is 8.86. The Morgan fingerprint density at radius 1 is 1.21 bits per heavy atom. The first-order chi connectivity index (χ1) is 16.2. The molecule has 0 bridgehead atoms. The van der Waals surface area contributed by atoms with Gasteiger partial charge in [-0.1, -0.05) is 35.1 Å². The molecule has 3 aromatic rings. The molecule has 0 aliphatic carbocycles. The third-order valence-electron chi connectivity index (χ3n) is 4.60. The lowest BCUT2D eigenvalue weighted by molar-refractivity contribution is -0.130. The highest BCUT2D eigenvalue weighted by atomic mass is 35.5. The zero-order valence-electron chi connectivity index (χ0n) is 18.8. The number of hydrogen-bond acceptors (Lipinski definition) is 10. The van der Waals surface area contributed by atoms with Crippen LogP contribution in [0.3, 0.4) is 0 Å². The van der Waals surface area contributed by atoms with Crippen LogP contribution in [-0.2, 0) is 4.79 Å². The molecule has 13 heteroatoms. The molecule has 2 heterocycles. The summed E-state index contributed by atoms with van der Waals surface area (Å²) >= 11 is 7.38. The van der Waals surface area contributed by atoms with Gasteiger partial charge in [-0.25, -0.2) is 20.4 Å². The van der Waals surface area contributed by atoms with Crippen LogP contribution in [0.1, 0.15) is 21.1 Å². The maximum Gasteiger partial charge on any atom is 0.267 e. The molecule has 34 heavy (non-hydrogen) atoms. The molecule has 0 radical (unpaired) electrons. The highest BCUT2D eigenvalue weighted by Crippen LogP contribution is 2.28. The van der Waals surface area contributed by atoms with Gasteiger partial charge < -0.3 is 16.0 Å². The van der Waals surface area contributed by atoms with Crippen molar-refractivity contribution >= 4 is 57.2 Å². The van der Waals surface area contributed by atoms with Crippen LogP contribution in [0.15, 0.2) is 30.5 Å². The van der Waals surface area contributed by atoms with Crippen molar-refractivity contribution in [1.82, 2.24) is 25.3 Å². The first-order valence-corrected chi connectivity index (χ1v) is 11.4. The third kappa shape index (κ3) is 7.09. The van der Waals surface area contributed by atoms with E-state index in [2.05, 4.69) is 30.9 Å². The molecular formula is C21H25ClN8O3S. The van der Waals surface area contributed by atoms with Crippen molar-refractivity contribution in [3.8, 4) is 0 Å². The largest absolute Gasteiger partial charge is 0.369 e. The van der Waals surface area contributed by atoms with Crippen molar-refractivity contribution < 1.29 is 14.8 Å². The predicted octanol–water partition coefficient (Wildman–Crippen LogP) is 3.05. The molecule has 0 saturated carbocycles. The minimum Gasteiger partial charge on any atom is -0.369 e. The van der Waals surface area contributed by atoms with E-state index in [1.165, 1.54) is 17.5 Å². The Kier molecular flexibility index (Phi) is 8.71. The summed E-state index contributed by atoms with van der Waals surface area (Å²) in [6.45, 7) is 4.78. The van der Waals surface area contributed by atoms with Crippen molar-refractivity contribution in [3.63, 3.8) is 0 Å². The lowest BCUT2D eigenvalue weighted by atomic mass is 10.2. The van der Waals surface area contributed by atoms with Gasteiger partial charge in [0, 0.05) is 19.2 Å². The van der Waals surface area contributed by atoms with E-state index < -0.39 is 5.91 Å². The summed E-state index contributed by atoms with van der Waals surface area (Å²) in [6.07, 6.45) is 1.49. The number of nitrogens with zero attached hydrogens (tertiary/aromatic N) is 4. The lowest BCUT2D eigenvalue weighted by Crippen LogP contribution is -2.35. The van der Waals surface area contributed by atoms with Gasteiger partial charge in [0.25, 0.3) is 11.8 Å². The SMILES string of the molecule is Cc1nc(NCCN(C)CC(=O)NO)cc(Nc2ncc(C(=O)Nc3c(C)cccc3Cl)s2)n1. The monoisotopic (exact) mass is 504 g/mol. The van der Waals surface area contributed by atoms with E-state index in [0.29, 0.717) is 51.3 Å². The number of likely N-dealkylation sites (N-methyl/N-ethyl adjacent to an activating group) is 1. The van der Waals surface area contributed by atoms with Crippen molar-refractivity contribution in [2.45, 2.75) is 13.8 Å². The number of hydrogen-bond donors (Lipinski definition) is 5. The summed E-state index contributed by atoms with van der Waals surface area (Å²) in [4.78, 5) is 39.0. The Morgan fingerprint density at radius 3 is 2.71 bits per heavy atom. The minimum absolute atomic E-state index is 0.0732. The summed E-state index contributed by atoms with van der Waals surface area (Å²) in [5.41, 5.74) is 3.04. The second-order valence-electron chi connectivity index (χ2n) is 7.43. The van der Waals surface area contributed by atoms with E-state index in [9.17, 15) is 9.59 Å². The lowest BCUT2D eigenvalue weighted by Gasteiger charge is -2.16. The van der Waals surface area contributed by atoms with E-state index in [4.69, 9.17) is 16.8 Å². The number of carbonyl (C=O) groups excluding carboxylic acids is 2. The Morgan fingerprint density at radius 2 is 1.97 bits per heavy atom. The fraction of sp³-hybridized carbons (Fsp3) is 0.286. The number of para-hydroxylation sites is 1. The summed E-state index contributed by atoms with van der Waals surface area (Å²) in [7, 11) is 1.76. The van der Waals surface area contributed by atoms with Gasteiger partial charge in [-0.2, -0.15) is 0 Å². The van der Waals surface area contributed by atoms with E-state index >= 15 is 0 Å². The molecule has 0 saturated heterocycles. The molecule has 0 aliphatic heterocycles. The van der Waals surface area contributed by atoms with Crippen LogP contribution in [0.4, 0.5) is 22.5 Å². The van der Waals surface area contributed by atoms with E-state index in [-0.39, 0.29) is 12.5 Å². The highest BCUT2D eigenvalue weighted by Gasteiger charge is 2.14. The molecule has 11 nitrogen and oxygen atoms in total. The maximum absolute atomic E-state index is 12.6. The van der Waals surface area contributed by atoms with Gasteiger partial charge in [-0.05, 0) is 32.5 Å². The maximum atomic E-state index is 12.6. The van der Waals surface area contributed by atoms with Crippen molar-refractivity contribution in [1.29, 1.82) is 0 Å². The van der Waals surface area contributed by atoms with Gasteiger partial charge in [0.1, 0.15) is 22.3 Å². The molecule has 0 fully saturated rings. The summed E-state index contributed by atoms with van der Waals surface area (Å²) in [5, 5.41) is 18.7. The third-order valence-corrected chi connectivity index (χ3v) is 5.83. The van der Waals surface area contributed by atoms with E-state index in [1.54, 1.807) is 36.5 Å². The van der Waals surface area contributed by atoms with Crippen molar-refractivity contribution in [2.24, 2.45) is 0 Å². The number of carbonyl (C=O) groups is 2. The molecule has 2 amide bonds. The smallest absolute Gasteiger partial charge is 0.267 e. The molecular weight excluding hydrogens is 480 g/mol. The van der Waals surface area contributed by atoms with Crippen LogP contribution in [0.25, 0.3) is 0 Å². The second kappa shape index (κ2) is 11.7. The standard InChI is InChI=1S/C21H25ClN8O3S/c1-12-5-4-6-14(22)19(12)28-20(32)15-10-24-21(34-15)27-17-9-16(25-13(2)26-17)23-7-8-30(3)11-18(31)29-33/h4-6,9-10,33H,7-8,11H2,1-3H3,(H,28,32)(H,29,31)(H2,23,24,25,26,27). The number of hydroxylamine groups is 1. The zero-order chi connectivity index (χ0) is 24.7. The molecule has 0 spiro atoms. The number of benzene rings is 1. The van der Waals surface area contributed by atoms with E-state index in [0.717, 1.165) is 5.56 Å². The number of thiazole rings is 1. The molecule has 0 unspecified atom stereocenters. The van der Waals surface area contributed by atoms with Gasteiger partial charge in [-0.3, -0.25) is 19.7 Å². The van der Waals surface area contributed by atoms with Crippen molar-refractivity contribution in [2.75, 3.05) is 42.6 Å². The predicted molar refractivity (Wildman–Crippen MR) is 132 cm³/mol. The van der Waals surface area contributed by atoms with E-state index in [1.807, 2.05) is 19.1 Å². The molecule has 2 aromatic heterocycles. The topological polar surface area (TPSA) is 144 Å². The highest BCUT2D eigenvalue weighted by molar-refractivity contribution is 7.17. The Balaban J connectivity index is 1.60. The number of halogens is 1. The van der Waals surface area contributed by atoms with Crippen LogP contribution >= 0.6 is 22.9 Å². The number of amides is 2. The molecule has 3 rings (SSSR count). The van der Waals surface area contributed by atoms with Gasteiger partial charge in [-0.15, -0.1) is 0 Å². The van der Waals surface area contributed by atoms with Crippen molar-refractivity contribution in [3.05, 3.63) is 51.7 Å². The Labute approximate surface area is 205 Å². The summed E-state index contributed by atoms with van der Waals surface area (Å²) < 4.78 is 0. The number of rotatable bonds is 10. The van der Waals surface area contributed by atoms with Crippen LogP contribution in [-0.4, -0.2) is 63.6 Å². The summed E-state index contributed by atoms with van der Waals surface area (Å²) in [5.74, 6) is 0.876. The number of aromatic nitrogens is 3. The summed E-state index contributed by atoms with van der Waals surface area (Å²) in [6, 6.07) is 7.13. The fourth-order valence-corrected chi connectivity index (χ4v) is 3.96. The van der Waals surface area contributed by atoms with Crippen LogP contribution in [0.5, 0.6) is 0 Å². The average molecular weight is 505 g/mol.